The van der Waals surface area contributed by atoms with E-state index in [1.807, 2.05) is 0 Å². The quantitative estimate of drug-likeness (QED) is 0.631. The maximum Gasteiger partial charge on any atom is 0.0694 e. The molecule has 118 valence electrons. The van der Waals surface area contributed by atoms with E-state index in [4.69, 9.17) is 0 Å². The molecule has 23 heavy (non-hydrogen) atoms. The number of benzene rings is 2. The van der Waals surface area contributed by atoms with E-state index in [1.165, 1.54) is 59.1 Å². The van der Waals surface area contributed by atoms with Crippen LogP contribution >= 0.6 is 0 Å². The third-order valence-corrected chi connectivity index (χ3v) is 5.01. The SMILES string of the molecule is Cc1cc(NCC2CCCC2)c2[nH]c(-c3ccccc3)cc2c1. The van der Waals surface area contributed by atoms with Gasteiger partial charge in [0.1, 0.15) is 0 Å². The Bertz CT molecular complexity index is 795. The summed E-state index contributed by atoms with van der Waals surface area (Å²) in [5.74, 6) is 0.842. The summed E-state index contributed by atoms with van der Waals surface area (Å²) >= 11 is 0. The summed E-state index contributed by atoms with van der Waals surface area (Å²) in [6, 6.07) is 17.3. The molecule has 2 heteroatoms. The van der Waals surface area contributed by atoms with E-state index in [1.54, 1.807) is 0 Å². The average Bonchev–Trinajstić information content (AvgIpc) is 3.22. The number of fused-ring (bicyclic) bond motifs is 1. The fourth-order valence-corrected chi connectivity index (χ4v) is 3.78. The van der Waals surface area contributed by atoms with E-state index in [0.29, 0.717) is 0 Å². The highest BCUT2D eigenvalue weighted by atomic mass is 14.9. The van der Waals surface area contributed by atoms with Crippen molar-refractivity contribution in [3.8, 4) is 11.3 Å². The molecule has 1 saturated carbocycles. The van der Waals surface area contributed by atoms with Gasteiger partial charge in [-0.15, -0.1) is 0 Å². The van der Waals surface area contributed by atoms with Gasteiger partial charge in [-0.2, -0.15) is 0 Å². The standard InChI is InChI=1S/C21H24N2/c1-15-11-18-13-19(17-9-3-2-4-10-17)23-21(18)20(12-15)22-14-16-7-5-6-8-16/h2-4,9-13,16,22-23H,5-8,14H2,1H3. The molecule has 3 aromatic rings. The molecule has 0 spiro atoms. The fourth-order valence-electron chi connectivity index (χ4n) is 3.78. The largest absolute Gasteiger partial charge is 0.383 e. The van der Waals surface area contributed by atoms with Gasteiger partial charge in [0.05, 0.1) is 11.2 Å². The topological polar surface area (TPSA) is 27.8 Å². The van der Waals surface area contributed by atoms with Crippen LogP contribution in [0.3, 0.4) is 0 Å². The lowest BCUT2D eigenvalue weighted by molar-refractivity contribution is 0.580. The van der Waals surface area contributed by atoms with Gasteiger partial charge in [-0.25, -0.2) is 0 Å². The monoisotopic (exact) mass is 304 g/mol. The molecule has 0 saturated heterocycles. The summed E-state index contributed by atoms with van der Waals surface area (Å²) in [6.45, 7) is 3.27. The number of hydrogen-bond donors (Lipinski definition) is 2. The number of hydrogen-bond acceptors (Lipinski definition) is 1. The summed E-state index contributed by atoms with van der Waals surface area (Å²) in [6.07, 6.45) is 5.55. The molecule has 2 aromatic carbocycles. The van der Waals surface area contributed by atoms with E-state index in [9.17, 15) is 0 Å². The summed E-state index contributed by atoms with van der Waals surface area (Å²) in [7, 11) is 0. The first kappa shape index (κ1) is 14.4. The second-order valence-corrected chi connectivity index (χ2v) is 6.86. The number of anilines is 1. The Kier molecular flexibility index (Phi) is 3.82. The second-order valence-electron chi connectivity index (χ2n) is 6.86. The van der Waals surface area contributed by atoms with Crippen LogP contribution in [0.25, 0.3) is 22.2 Å². The predicted octanol–water partition coefficient (Wildman–Crippen LogP) is 5.75. The number of H-pyrrole nitrogens is 1. The molecule has 1 aromatic heterocycles. The van der Waals surface area contributed by atoms with Gasteiger partial charge >= 0.3 is 0 Å². The van der Waals surface area contributed by atoms with Crippen molar-refractivity contribution < 1.29 is 0 Å². The first-order valence-corrected chi connectivity index (χ1v) is 8.72. The van der Waals surface area contributed by atoms with Crippen LogP contribution in [0, 0.1) is 12.8 Å². The van der Waals surface area contributed by atoms with Crippen LogP contribution in [0.5, 0.6) is 0 Å². The summed E-state index contributed by atoms with van der Waals surface area (Å²) in [4.78, 5) is 3.62. The van der Waals surface area contributed by atoms with Crippen LogP contribution in [0.1, 0.15) is 31.2 Å². The zero-order chi connectivity index (χ0) is 15.6. The van der Waals surface area contributed by atoms with Crippen molar-refractivity contribution in [2.45, 2.75) is 32.6 Å². The molecule has 2 nitrogen and oxygen atoms in total. The lowest BCUT2D eigenvalue weighted by Crippen LogP contribution is -2.11. The molecule has 1 aliphatic carbocycles. The van der Waals surface area contributed by atoms with Gasteiger partial charge in [-0.1, -0.05) is 43.2 Å². The number of aromatic amines is 1. The molecule has 2 N–H and O–H groups in total. The average molecular weight is 304 g/mol. The maximum absolute atomic E-state index is 3.70. The van der Waals surface area contributed by atoms with Crippen LogP contribution in [0.2, 0.25) is 0 Å². The predicted molar refractivity (Wildman–Crippen MR) is 98.9 cm³/mol. The Morgan fingerprint density at radius 2 is 1.83 bits per heavy atom. The molecule has 1 heterocycles. The van der Waals surface area contributed by atoms with E-state index in [2.05, 4.69) is 65.8 Å². The minimum Gasteiger partial charge on any atom is -0.383 e. The summed E-state index contributed by atoms with van der Waals surface area (Å²) < 4.78 is 0. The highest BCUT2D eigenvalue weighted by Crippen LogP contribution is 2.31. The van der Waals surface area contributed by atoms with E-state index in [0.717, 1.165) is 12.5 Å². The molecule has 0 unspecified atom stereocenters. The molecule has 0 bridgehead atoms. The Morgan fingerprint density at radius 1 is 1.04 bits per heavy atom. The van der Waals surface area contributed by atoms with E-state index in [-0.39, 0.29) is 0 Å². The molecular formula is C21H24N2. The Balaban J connectivity index is 1.67. The zero-order valence-corrected chi connectivity index (χ0v) is 13.7. The third-order valence-electron chi connectivity index (χ3n) is 5.01. The van der Waals surface area contributed by atoms with Crippen molar-refractivity contribution in [3.63, 3.8) is 0 Å². The van der Waals surface area contributed by atoms with Gasteiger partial charge in [-0.05, 0) is 55.0 Å². The maximum atomic E-state index is 3.70. The zero-order valence-electron chi connectivity index (χ0n) is 13.7. The smallest absolute Gasteiger partial charge is 0.0694 e. The van der Waals surface area contributed by atoms with Crippen LogP contribution in [-0.4, -0.2) is 11.5 Å². The van der Waals surface area contributed by atoms with Crippen molar-refractivity contribution >= 4 is 16.6 Å². The molecule has 1 aliphatic rings. The van der Waals surface area contributed by atoms with Crippen LogP contribution in [0.15, 0.2) is 48.5 Å². The number of rotatable bonds is 4. The third kappa shape index (κ3) is 2.98. The van der Waals surface area contributed by atoms with Crippen LogP contribution in [-0.2, 0) is 0 Å². The normalized spacial score (nSPS) is 15.3. The molecule has 0 amide bonds. The van der Waals surface area contributed by atoms with Crippen molar-refractivity contribution in [2.24, 2.45) is 5.92 Å². The minimum atomic E-state index is 0.842. The number of aryl methyl sites for hydroxylation is 1. The fraction of sp³-hybridized carbons (Fsp3) is 0.333. The summed E-state index contributed by atoms with van der Waals surface area (Å²) in [5, 5.41) is 4.99. The van der Waals surface area contributed by atoms with Gasteiger partial charge in [0, 0.05) is 17.6 Å². The van der Waals surface area contributed by atoms with Gasteiger partial charge in [0.2, 0.25) is 0 Å². The molecule has 0 atom stereocenters. The van der Waals surface area contributed by atoms with Crippen LogP contribution < -0.4 is 5.32 Å². The Morgan fingerprint density at radius 3 is 2.61 bits per heavy atom. The molecule has 4 rings (SSSR count). The first-order valence-electron chi connectivity index (χ1n) is 8.72. The number of aromatic nitrogens is 1. The van der Waals surface area contributed by atoms with Gasteiger partial charge in [0.15, 0.2) is 0 Å². The van der Waals surface area contributed by atoms with E-state index < -0.39 is 0 Å². The molecular weight excluding hydrogens is 280 g/mol. The lowest BCUT2D eigenvalue weighted by Gasteiger charge is -2.13. The Labute approximate surface area is 137 Å². The Hall–Kier alpha value is -2.22. The van der Waals surface area contributed by atoms with Gasteiger partial charge in [-0.3, -0.25) is 0 Å². The second kappa shape index (κ2) is 6.11. The highest BCUT2D eigenvalue weighted by Gasteiger charge is 2.15. The molecule has 1 fully saturated rings. The molecule has 0 aliphatic heterocycles. The highest BCUT2D eigenvalue weighted by molar-refractivity contribution is 5.95. The minimum absolute atomic E-state index is 0.842. The van der Waals surface area contributed by atoms with Gasteiger partial charge < -0.3 is 10.3 Å². The van der Waals surface area contributed by atoms with Crippen molar-refractivity contribution in [3.05, 3.63) is 54.1 Å². The van der Waals surface area contributed by atoms with Gasteiger partial charge in [0.25, 0.3) is 0 Å². The van der Waals surface area contributed by atoms with Crippen molar-refractivity contribution in [2.75, 3.05) is 11.9 Å². The van der Waals surface area contributed by atoms with Crippen molar-refractivity contribution in [1.29, 1.82) is 0 Å². The number of nitrogens with one attached hydrogen (secondary N) is 2. The van der Waals surface area contributed by atoms with Crippen LogP contribution in [0.4, 0.5) is 5.69 Å². The molecule has 0 radical (unpaired) electrons. The summed E-state index contributed by atoms with van der Waals surface area (Å²) in [5.41, 5.74) is 6.21. The lowest BCUT2D eigenvalue weighted by atomic mass is 10.1. The first-order chi connectivity index (χ1) is 11.3. The van der Waals surface area contributed by atoms with E-state index >= 15 is 0 Å². The van der Waals surface area contributed by atoms with Crippen molar-refractivity contribution in [1.82, 2.24) is 4.98 Å².